The molecule has 1 atom stereocenters. The minimum atomic E-state index is -4.12. The van der Waals surface area contributed by atoms with Crippen molar-refractivity contribution in [1.82, 2.24) is 14.5 Å². The molecule has 12 heteroatoms. The maximum absolute atomic E-state index is 13.5. The average Bonchev–Trinajstić information content (AvgIpc) is 3.19. The number of ether oxygens (including phenoxy) is 1. The summed E-state index contributed by atoms with van der Waals surface area (Å²) in [6, 6.07) is 9.27. The molecule has 0 radical (unpaired) electrons. The predicted octanol–water partition coefficient (Wildman–Crippen LogP) is 4.73. The van der Waals surface area contributed by atoms with Gasteiger partial charge in [0.2, 0.25) is 21.8 Å². The van der Waals surface area contributed by atoms with Crippen LogP contribution in [0, 0.1) is 24.6 Å². The van der Waals surface area contributed by atoms with E-state index in [-0.39, 0.29) is 57.8 Å². The van der Waals surface area contributed by atoms with Gasteiger partial charge >= 0.3 is 5.97 Å². The van der Waals surface area contributed by atoms with Crippen molar-refractivity contribution in [3.63, 3.8) is 0 Å². The van der Waals surface area contributed by atoms with Gasteiger partial charge in [0, 0.05) is 23.7 Å². The van der Waals surface area contributed by atoms with Crippen molar-refractivity contribution in [2.75, 3.05) is 11.9 Å². The third-order valence-electron chi connectivity index (χ3n) is 5.79. The first-order valence-electron chi connectivity index (χ1n) is 12.0. The Kier molecular flexibility index (Phi) is 8.89. The van der Waals surface area contributed by atoms with Crippen molar-refractivity contribution < 1.29 is 32.2 Å². The highest BCUT2D eigenvalue weighted by Gasteiger charge is 2.27. The lowest BCUT2D eigenvalue weighted by Gasteiger charge is -2.17. The zero-order chi connectivity index (χ0) is 28.2. The van der Waals surface area contributed by atoms with Crippen LogP contribution in [0.25, 0.3) is 5.69 Å². The molecule has 0 unspecified atom stereocenters. The first kappa shape index (κ1) is 28.8. The van der Waals surface area contributed by atoms with Crippen molar-refractivity contribution in [2.45, 2.75) is 45.9 Å². The Hall–Kier alpha value is -3.77. The van der Waals surface area contributed by atoms with E-state index in [0.29, 0.717) is 12.1 Å². The summed E-state index contributed by atoms with van der Waals surface area (Å²) >= 11 is 0. The second kappa shape index (κ2) is 11.7. The number of carbonyl (C=O) groups is 2. The number of rotatable bonds is 11. The van der Waals surface area contributed by atoms with Crippen LogP contribution < -0.4 is 14.8 Å². The summed E-state index contributed by atoms with van der Waals surface area (Å²) in [5.41, 5.74) is 0.373. The van der Waals surface area contributed by atoms with Crippen molar-refractivity contribution >= 4 is 27.6 Å². The lowest BCUT2D eigenvalue weighted by Crippen LogP contribution is -2.28. The van der Waals surface area contributed by atoms with Gasteiger partial charge in [0.15, 0.2) is 5.69 Å². The molecule has 0 spiro atoms. The number of benzene rings is 2. The number of carboxylic acids is 1. The third-order valence-corrected chi connectivity index (χ3v) is 7.24. The maximum atomic E-state index is 13.5. The Bertz CT molecular complexity index is 1430. The number of hydrogen-bond donors (Lipinski definition) is 3. The number of aromatic nitrogens is 2. The van der Waals surface area contributed by atoms with E-state index >= 15 is 0 Å². The lowest BCUT2D eigenvalue weighted by molar-refractivity contribution is -0.119. The second-order valence-electron chi connectivity index (χ2n) is 9.28. The molecule has 10 nitrogen and oxygen atoms in total. The summed E-state index contributed by atoms with van der Waals surface area (Å²) in [6.07, 6.45) is 0.604. The van der Waals surface area contributed by atoms with Gasteiger partial charge in [0.1, 0.15) is 16.5 Å². The van der Waals surface area contributed by atoms with Crippen LogP contribution in [0.1, 0.15) is 50.2 Å². The van der Waals surface area contributed by atoms with Crippen molar-refractivity contribution in [3.05, 3.63) is 59.5 Å². The smallest absolute Gasteiger partial charge is 0.356 e. The minimum Gasteiger partial charge on any atom is -0.476 e. The van der Waals surface area contributed by atoms with Crippen LogP contribution in [0.5, 0.6) is 11.6 Å². The summed E-state index contributed by atoms with van der Waals surface area (Å²) in [6.45, 7) is 8.94. The van der Waals surface area contributed by atoms with Gasteiger partial charge in [-0.2, -0.15) is 9.78 Å². The summed E-state index contributed by atoms with van der Waals surface area (Å²) in [7, 11) is -4.12. The fourth-order valence-electron chi connectivity index (χ4n) is 3.35. The molecule has 204 valence electrons. The molecule has 2 aromatic carbocycles. The Morgan fingerprint density at radius 1 is 1.13 bits per heavy atom. The SMILES string of the molecule is CC[C@H](C)C(=O)Nc1ccc(Oc2c(C)c(C(=O)O)nn2-c2ccc(F)cc2)c(S(=O)(=O)NCC(C)C)c1. The predicted molar refractivity (Wildman–Crippen MR) is 140 cm³/mol. The topological polar surface area (TPSA) is 140 Å². The molecule has 0 saturated carbocycles. The zero-order valence-electron chi connectivity index (χ0n) is 21.8. The van der Waals surface area contributed by atoms with Gasteiger partial charge in [-0.1, -0.05) is 27.7 Å². The van der Waals surface area contributed by atoms with Crippen LogP contribution in [0.15, 0.2) is 47.4 Å². The average molecular weight is 547 g/mol. The number of nitrogens with one attached hydrogen (secondary N) is 2. The summed E-state index contributed by atoms with van der Waals surface area (Å²) in [5.74, 6) is -2.54. The highest BCUT2D eigenvalue weighted by atomic mass is 32.2. The van der Waals surface area contributed by atoms with Crippen LogP contribution in [0.4, 0.5) is 10.1 Å². The summed E-state index contributed by atoms with van der Waals surface area (Å²) in [4.78, 5) is 24.0. The third kappa shape index (κ3) is 6.56. The van der Waals surface area contributed by atoms with E-state index in [0.717, 1.165) is 4.68 Å². The van der Waals surface area contributed by atoms with E-state index in [1.165, 1.54) is 49.4 Å². The molecule has 1 heterocycles. The Labute approximate surface area is 220 Å². The Morgan fingerprint density at radius 2 is 1.79 bits per heavy atom. The number of aromatic carboxylic acids is 1. The molecule has 3 aromatic rings. The molecule has 38 heavy (non-hydrogen) atoms. The van der Waals surface area contributed by atoms with Gasteiger partial charge in [-0.3, -0.25) is 4.79 Å². The van der Waals surface area contributed by atoms with Crippen molar-refractivity contribution in [1.29, 1.82) is 0 Å². The number of halogens is 1. The molecule has 3 rings (SSSR count). The minimum absolute atomic E-state index is 0.0164. The van der Waals surface area contributed by atoms with E-state index in [2.05, 4.69) is 15.1 Å². The molecule has 0 aliphatic heterocycles. The van der Waals surface area contributed by atoms with E-state index in [1.807, 2.05) is 20.8 Å². The zero-order valence-corrected chi connectivity index (χ0v) is 22.6. The monoisotopic (exact) mass is 546 g/mol. The van der Waals surface area contributed by atoms with E-state index < -0.39 is 21.8 Å². The van der Waals surface area contributed by atoms with E-state index in [4.69, 9.17) is 4.74 Å². The number of carboxylic acid groups (broad SMARTS) is 1. The molecule has 0 aliphatic rings. The number of anilines is 1. The van der Waals surface area contributed by atoms with Crippen molar-refractivity contribution in [2.24, 2.45) is 11.8 Å². The molecule has 1 aromatic heterocycles. The molecule has 0 saturated heterocycles. The summed E-state index contributed by atoms with van der Waals surface area (Å²) in [5, 5.41) is 16.4. The van der Waals surface area contributed by atoms with Crippen LogP contribution in [0.2, 0.25) is 0 Å². The lowest BCUT2D eigenvalue weighted by atomic mass is 10.1. The van der Waals surface area contributed by atoms with Gasteiger partial charge in [0.05, 0.1) is 5.69 Å². The number of nitrogens with zero attached hydrogens (tertiary/aromatic N) is 2. The molecular weight excluding hydrogens is 515 g/mol. The van der Waals surface area contributed by atoms with Crippen LogP contribution >= 0.6 is 0 Å². The number of carbonyl (C=O) groups excluding carboxylic acids is 1. The molecule has 0 fully saturated rings. The molecule has 0 aliphatic carbocycles. The van der Waals surface area contributed by atoms with Crippen molar-refractivity contribution in [3.8, 4) is 17.3 Å². The number of amides is 1. The van der Waals surface area contributed by atoms with Gasteiger partial charge < -0.3 is 15.2 Å². The number of sulfonamides is 1. The van der Waals surface area contributed by atoms with Gasteiger partial charge in [0.25, 0.3) is 0 Å². The molecular formula is C26H31FN4O6S. The maximum Gasteiger partial charge on any atom is 0.356 e. The van der Waals surface area contributed by atoms with Gasteiger partial charge in [-0.05, 0) is 61.7 Å². The molecule has 3 N–H and O–H groups in total. The van der Waals surface area contributed by atoms with Crippen LogP contribution in [-0.4, -0.2) is 41.7 Å². The van der Waals surface area contributed by atoms with E-state index in [9.17, 15) is 27.5 Å². The Morgan fingerprint density at radius 3 is 2.37 bits per heavy atom. The van der Waals surface area contributed by atoms with Gasteiger partial charge in [-0.25, -0.2) is 22.3 Å². The summed E-state index contributed by atoms with van der Waals surface area (Å²) < 4.78 is 49.8. The molecule has 0 bridgehead atoms. The molecule has 1 amide bonds. The highest BCUT2D eigenvalue weighted by molar-refractivity contribution is 7.89. The second-order valence-corrected chi connectivity index (χ2v) is 11.0. The normalized spacial score (nSPS) is 12.4. The highest BCUT2D eigenvalue weighted by Crippen LogP contribution is 2.35. The largest absolute Gasteiger partial charge is 0.476 e. The fraction of sp³-hybridized carbons (Fsp3) is 0.346. The van der Waals surface area contributed by atoms with Crippen LogP contribution in [-0.2, 0) is 14.8 Å². The van der Waals surface area contributed by atoms with Crippen LogP contribution in [0.3, 0.4) is 0 Å². The van der Waals surface area contributed by atoms with Gasteiger partial charge in [-0.15, -0.1) is 0 Å². The number of hydrogen-bond acceptors (Lipinski definition) is 6. The first-order valence-corrected chi connectivity index (χ1v) is 13.5. The first-order chi connectivity index (χ1) is 17.8. The standard InChI is InChI=1S/C26H31FN4O6S/c1-6-16(4)24(32)29-19-9-12-21(22(13-19)38(35,36)28-14-15(2)3)37-25-17(5)23(26(33)34)30-31(25)20-10-7-18(27)8-11-20/h7-13,15-16,28H,6,14H2,1-5H3,(H,29,32)(H,33,34)/t16-/m0/s1. The van der Waals surface area contributed by atoms with E-state index in [1.54, 1.807) is 6.92 Å². The fourth-order valence-corrected chi connectivity index (χ4v) is 4.72. The quantitative estimate of drug-likeness (QED) is 0.316. The Balaban J connectivity index is 2.14.